The maximum atomic E-state index is 13.1. The van der Waals surface area contributed by atoms with Gasteiger partial charge in [0.1, 0.15) is 11.5 Å². The van der Waals surface area contributed by atoms with Gasteiger partial charge in [-0.1, -0.05) is 28.1 Å². The summed E-state index contributed by atoms with van der Waals surface area (Å²) in [5, 5.41) is 4.13. The maximum Gasteiger partial charge on any atom is 0.274 e. The fourth-order valence-electron chi connectivity index (χ4n) is 2.42. The highest BCUT2D eigenvalue weighted by atomic mass is 79.9. The molecule has 0 saturated carbocycles. The van der Waals surface area contributed by atoms with E-state index < -0.39 is 11.4 Å². The van der Waals surface area contributed by atoms with Gasteiger partial charge in [0.15, 0.2) is 0 Å². The first-order chi connectivity index (χ1) is 12.4. The van der Waals surface area contributed by atoms with Crippen molar-refractivity contribution in [2.75, 3.05) is 7.05 Å². The van der Waals surface area contributed by atoms with Crippen LogP contribution in [-0.2, 0) is 6.54 Å². The van der Waals surface area contributed by atoms with Crippen LogP contribution in [0.4, 0.5) is 4.39 Å². The highest BCUT2D eigenvalue weighted by Crippen LogP contribution is 2.13. The van der Waals surface area contributed by atoms with E-state index in [1.54, 1.807) is 7.05 Å². The third kappa shape index (κ3) is 4.05. The van der Waals surface area contributed by atoms with Crippen molar-refractivity contribution in [1.82, 2.24) is 14.7 Å². The Balaban J connectivity index is 1.85. The number of hydrogen-bond donors (Lipinski definition) is 0. The zero-order valence-corrected chi connectivity index (χ0v) is 15.5. The Morgan fingerprint density at radius 2 is 1.73 bits per heavy atom. The summed E-state index contributed by atoms with van der Waals surface area (Å²) >= 11 is 3.37. The molecule has 7 heteroatoms. The van der Waals surface area contributed by atoms with Crippen LogP contribution in [0, 0.1) is 5.82 Å². The highest BCUT2D eigenvalue weighted by Gasteiger charge is 2.15. The van der Waals surface area contributed by atoms with Crippen molar-refractivity contribution < 1.29 is 9.18 Å². The van der Waals surface area contributed by atoms with Crippen LogP contribution in [0.5, 0.6) is 0 Å². The predicted octanol–water partition coefficient (Wildman–Crippen LogP) is 3.41. The summed E-state index contributed by atoms with van der Waals surface area (Å²) in [6, 6.07) is 15.6. The van der Waals surface area contributed by atoms with Crippen molar-refractivity contribution >= 4 is 21.8 Å². The van der Waals surface area contributed by atoms with Crippen molar-refractivity contribution in [3.63, 3.8) is 0 Å². The Labute approximate surface area is 157 Å². The van der Waals surface area contributed by atoms with E-state index in [-0.39, 0.29) is 11.6 Å². The molecule has 132 valence electrons. The fraction of sp³-hybridized carbons (Fsp3) is 0.105. The van der Waals surface area contributed by atoms with Gasteiger partial charge >= 0.3 is 0 Å². The lowest BCUT2D eigenvalue weighted by atomic mass is 10.2. The molecule has 0 radical (unpaired) electrons. The van der Waals surface area contributed by atoms with Crippen LogP contribution < -0.4 is 5.56 Å². The van der Waals surface area contributed by atoms with Crippen molar-refractivity contribution in [3.8, 4) is 5.69 Å². The smallest absolute Gasteiger partial charge is 0.274 e. The molecule has 0 unspecified atom stereocenters. The van der Waals surface area contributed by atoms with Crippen LogP contribution in [0.15, 0.2) is 69.9 Å². The third-order valence-electron chi connectivity index (χ3n) is 3.77. The van der Waals surface area contributed by atoms with E-state index in [1.807, 2.05) is 24.3 Å². The summed E-state index contributed by atoms with van der Waals surface area (Å²) in [7, 11) is 1.67. The number of benzene rings is 2. The summed E-state index contributed by atoms with van der Waals surface area (Å²) in [6.07, 6.45) is 0. The van der Waals surface area contributed by atoms with Crippen molar-refractivity contribution in [2.45, 2.75) is 6.54 Å². The van der Waals surface area contributed by atoms with E-state index in [0.29, 0.717) is 12.2 Å². The van der Waals surface area contributed by atoms with Crippen LogP contribution in [0.25, 0.3) is 5.69 Å². The molecule has 1 amide bonds. The summed E-state index contributed by atoms with van der Waals surface area (Å²) in [4.78, 5) is 26.2. The lowest BCUT2D eigenvalue weighted by Gasteiger charge is -2.17. The van der Waals surface area contributed by atoms with Gasteiger partial charge in [-0.2, -0.15) is 9.78 Å². The lowest BCUT2D eigenvalue weighted by molar-refractivity contribution is 0.0777. The first kappa shape index (κ1) is 18.0. The predicted molar refractivity (Wildman–Crippen MR) is 99.7 cm³/mol. The van der Waals surface area contributed by atoms with Crippen molar-refractivity contribution in [1.29, 1.82) is 0 Å². The molecule has 0 aliphatic rings. The number of halogens is 2. The molecule has 3 aromatic rings. The first-order valence-corrected chi connectivity index (χ1v) is 8.59. The zero-order valence-electron chi connectivity index (χ0n) is 13.9. The molecule has 26 heavy (non-hydrogen) atoms. The van der Waals surface area contributed by atoms with E-state index >= 15 is 0 Å². The molecule has 0 N–H and O–H groups in total. The quantitative estimate of drug-likeness (QED) is 0.655. The zero-order chi connectivity index (χ0) is 18.7. The molecular weight excluding hydrogens is 401 g/mol. The largest absolute Gasteiger partial charge is 0.336 e. The van der Waals surface area contributed by atoms with Crippen LogP contribution >= 0.6 is 15.9 Å². The van der Waals surface area contributed by atoms with Crippen LogP contribution in [-0.4, -0.2) is 27.6 Å². The molecule has 0 saturated heterocycles. The van der Waals surface area contributed by atoms with E-state index in [2.05, 4.69) is 21.0 Å². The minimum absolute atomic E-state index is 0.133. The number of nitrogens with zero attached hydrogens (tertiary/aromatic N) is 3. The van der Waals surface area contributed by atoms with Crippen LogP contribution in [0.2, 0.25) is 0 Å². The van der Waals surface area contributed by atoms with Gasteiger partial charge < -0.3 is 4.90 Å². The second-order valence-electron chi connectivity index (χ2n) is 5.73. The monoisotopic (exact) mass is 415 g/mol. The molecule has 1 heterocycles. The highest BCUT2D eigenvalue weighted by molar-refractivity contribution is 9.10. The molecule has 5 nitrogen and oxygen atoms in total. The molecule has 0 fully saturated rings. The van der Waals surface area contributed by atoms with Gasteiger partial charge in [-0.3, -0.25) is 9.59 Å². The topological polar surface area (TPSA) is 55.2 Å². The molecule has 0 atom stereocenters. The Hall–Kier alpha value is -2.80. The van der Waals surface area contributed by atoms with Gasteiger partial charge in [0.05, 0.1) is 5.69 Å². The van der Waals surface area contributed by atoms with E-state index in [0.717, 1.165) is 14.7 Å². The number of carbonyl (C=O) groups excluding carboxylic acids is 1. The molecule has 2 aromatic carbocycles. The molecule has 0 aliphatic carbocycles. The van der Waals surface area contributed by atoms with E-state index in [4.69, 9.17) is 0 Å². The molecule has 1 aromatic heterocycles. The summed E-state index contributed by atoms with van der Waals surface area (Å²) in [6.45, 7) is 0.406. The fourth-order valence-corrected chi connectivity index (χ4v) is 2.69. The molecule has 3 rings (SSSR count). The van der Waals surface area contributed by atoms with Crippen LogP contribution in [0.1, 0.15) is 16.1 Å². The summed E-state index contributed by atoms with van der Waals surface area (Å²) < 4.78 is 15.1. The standard InChI is InChI=1S/C19H15BrFN3O2/c1-23(12-13-2-4-14(20)5-3-13)19(26)17-10-11-18(25)24(22-17)16-8-6-15(21)7-9-16/h2-11H,12H2,1H3. The normalized spacial score (nSPS) is 10.6. The number of amides is 1. The average Bonchev–Trinajstić information content (AvgIpc) is 2.64. The van der Waals surface area contributed by atoms with Gasteiger partial charge in [0.25, 0.3) is 11.5 Å². The Bertz CT molecular complexity index is 985. The number of carbonyl (C=O) groups is 1. The van der Waals surface area contributed by atoms with Gasteiger partial charge in [0.2, 0.25) is 0 Å². The second-order valence-corrected chi connectivity index (χ2v) is 6.65. The van der Waals surface area contributed by atoms with Crippen LogP contribution in [0.3, 0.4) is 0 Å². The molecule has 0 aliphatic heterocycles. The average molecular weight is 416 g/mol. The number of hydrogen-bond acceptors (Lipinski definition) is 3. The maximum absolute atomic E-state index is 13.1. The molecular formula is C19H15BrFN3O2. The van der Waals surface area contributed by atoms with Gasteiger partial charge in [-0.25, -0.2) is 4.39 Å². The van der Waals surface area contributed by atoms with Gasteiger partial charge in [0, 0.05) is 24.1 Å². The molecule has 0 bridgehead atoms. The van der Waals surface area contributed by atoms with Gasteiger partial charge in [-0.15, -0.1) is 0 Å². The Kier molecular flexibility index (Phi) is 5.27. The van der Waals surface area contributed by atoms with Crippen molar-refractivity contribution in [2.24, 2.45) is 0 Å². The number of aromatic nitrogens is 2. The number of rotatable bonds is 4. The second kappa shape index (κ2) is 7.61. The van der Waals surface area contributed by atoms with Crippen molar-refractivity contribution in [3.05, 3.63) is 92.6 Å². The van der Waals surface area contributed by atoms with E-state index in [9.17, 15) is 14.0 Å². The minimum atomic E-state index is -0.414. The first-order valence-electron chi connectivity index (χ1n) is 7.80. The Morgan fingerprint density at radius 3 is 2.38 bits per heavy atom. The Morgan fingerprint density at radius 1 is 1.08 bits per heavy atom. The minimum Gasteiger partial charge on any atom is -0.336 e. The third-order valence-corrected chi connectivity index (χ3v) is 4.30. The summed E-state index contributed by atoms with van der Waals surface area (Å²) in [5.41, 5.74) is 1.09. The van der Waals surface area contributed by atoms with Gasteiger partial charge in [-0.05, 0) is 48.0 Å². The summed E-state index contributed by atoms with van der Waals surface area (Å²) in [5.74, 6) is -0.730. The van der Waals surface area contributed by atoms with E-state index in [1.165, 1.54) is 41.3 Å². The lowest BCUT2D eigenvalue weighted by Crippen LogP contribution is -2.30. The SMILES string of the molecule is CN(Cc1ccc(Br)cc1)C(=O)c1ccc(=O)n(-c2ccc(F)cc2)n1. The molecule has 0 spiro atoms.